The Morgan fingerprint density at radius 1 is 1.23 bits per heavy atom. The van der Waals surface area contributed by atoms with E-state index in [1.807, 2.05) is 13.0 Å². The van der Waals surface area contributed by atoms with E-state index < -0.39 is 0 Å². The van der Waals surface area contributed by atoms with Gasteiger partial charge in [-0.25, -0.2) is 0 Å². The Morgan fingerprint density at radius 3 is 2.71 bits per heavy atom. The molecule has 1 unspecified atom stereocenters. The molecular formula is C21H24N10. The van der Waals surface area contributed by atoms with Crippen LogP contribution in [0, 0.1) is 29.6 Å². The normalized spacial score (nSPS) is 22.9. The zero-order valence-electron chi connectivity index (χ0n) is 17.3. The van der Waals surface area contributed by atoms with Gasteiger partial charge in [-0.05, 0) is 32.6 Å². The molecule has 0 amide bonds. The molecule has 2 aliphatic heterocycles. The maximum atomic E-state index is 9.49. The maximum absolute atomic E-state index is 9.49. The van der Waals surface area contributed by atoms with Crippen molar-refractivity contribution in [2.75, 3.05) is 17.2 Å². The number of aromatic nitrogens is 5. The van der Waals surface area contributed by atoms with E-state index in [1.54, 1.807) is 6.20 Å². The van der Waals surface area contributed by atoms with Crippen LogP contribution in [-0.4, -0.2) is 54.7 Å². The molecule has 10 heteroatoms. The molecule has 2 saturated heterocycles. The smallest absolute Gasteiger partial charge is 0.226 e. The largest absolute Gasteiger partial charge is 0.351 e. The molecule has 5 heterocycles. The Hall–Kier alpha value is -3.63. The second kappa shape index (κ2) is 7.89. The van der Waals surface area contributed by atoms with Crippen LogP contribution >= 0.6 is 0 Å². The number of aryl methyl sites for hydroxylation is 1. The van der Waals surface area contributed by atoms with Gasteiger partial charge in [0.1, 0.15) is 17.5 Å². The van der Waals surface area contributed by atoms with Gasteiger partial charge in [-0.15, -0.1) is 0 Å². The zero-order chi connectivity index (χ0) is 21.4. The van der Waals surface area contributed by atoms with E-state index in [2.05, 4.69) is 47.8 Å². The van der Waals surface area contributed by atoms with Crippen molar-refractivity contribution in [3.63, 3.8) is 0 Å². The molecular weight excluding hydrogens is 392 g/mol. The highest BCUT2D eigenvalue weighted by molar-refractivity contribution is 5.94. The number of aromatic amines is 2. The minimum atomic E-state index is 0.277. The molecule has 2 bridgehead atoms. The molecule has 31 heavy (non-hydrogen) atoms. The number of hydrogen-bond donors (Lipinski definition) is 4. The summed E-state index contributed by atoms with van der Waals surface area (Å²) >= 11 is 0. The first kappa shape index (κ1) is 19.3. The van der Waals surface area contributed by atoms with Crippen molar-refractivity contribution in [3.05, 3.63) is 23.5 Å². The molecule has 3 atom stereocenters. The first-order valence-electron chi connectivity index (χ1n) is 10.6. The van der Waals surface area contributed by atoms with Gasteiger partial charge in [0, 0.05) is 49.0 Å². The van der Waals surface area contributed by atoms with Gasteiger partial charge in [0.2, 0.25) is 5.95 Å². The molecule has 2 fully saturated rings. The Kier molecular flexibility index (Phi) is 4.92. The fraction of sp³-hybridized carbons (Fsp3) is 0.476. The van der Waals surface area contributed by atoms with E-state index in [0.29, 0.717) is 52.7 Å². The molecule has 3 aromatic rings. The third-order valence-electron chi connectivity index (χ3n) is 6.30. The van der Waals surface area contributed by atoms with Gasteiger partial charge in [0.05, 0.1) is 17.0 Å². The van der Waals surface area contributed by atoms with Crippen LogP contribution in [0.25, 0.3) is 11.0 Å². The predicted octanol–water partition coefficient (Wildman–Crippen LogP) is 2.93. The molecule has 5 rings (SSSR count). The average molecular weight is 416 g/mol. The van der Waals surface area contributed by atoms with Gasteiger partial charge in [0.25, 0.3) is 0 Å². The Balaban J connectivity index is 1.40. The summed E-state index contributed by atoms with van der Waals surface area (Å²) in [5, 5.41) is 33.0. The summed E-state index contributed by atoms with van der Waals surface area (Å²) in [6.07, 6.45) is 6.62. The lowest BCUT2D eigenvalue weighted by atomic mass is 9.97. The number of piperidine rings is 1. The standard InChI is InChI=1S/C21H24N10/c1-12-7-17(30-29-12)26-20-18-13(10-23)11-24-19(18)27-21(28-20)25-14-8-15-3-4-16(9-14)31(15)6-2-5-22/h7,11,14-16H,2-4,6,8-9H2,1H3,(H4,24,25,26,27,28,29,30)/t14?,15-,16+. The summed E-state index contributed by atoms with van der Waals surface area (Å²) in [4.78, 5) is 14.9. The molecule has 2 aliphatic rings. The Labute approximate surface area is 179 Å². The average Bonchev–Trinajstić information content (AvgIpc) is 3.42. The van der Waals surface area contributed by atoms with Gasteiger partial charge < -0.3 is 15.6 Å². The fourth-order valence-corrected chi connectivity index (χ4v) is 5.00. The third kappa shape index (κ3) is 3.66. The van der Waals surface area contributed by atoms with Crippen molar-refractivity contribution < 1.29 is 0 Å². The van der Waals surface area contributed by atoms with Crippen LogP contribution in [-0.2, 0) is 0 Å². The molecule has 0 aromatic carbocycles. The summed E-state index contributed by atoms with van der Waals surface area (Å²) in [5.74, 6) is 1.71. The maximum Gasteiger partial charge on any atom is 0.226 e. The number of rotatable bonds is 6. The van der Waals surface area contributed by atoms with E-state index in [-0.39, 0.29) is 6.04 Å². The summed E-state index contributed by atoms with van der Waals surface area (Å²) in [6.45, 7) is 2.78. The summed E-state index contributed by atoms with van der Waals surface area (Å²) in [5.41, 5.74) is 2.03. The number of fused-ring (bicyclic) bond motifs is 3. The van der Waals surface area contributed by atoms with Crippen LogP contribution in [0.3, 0.4) is 0 Å². The lowest BCUT2D eigenvalue weighted by Crippen LogP contribution is -2.47. The monoisotopic (exact) mass is 416 g/mol. The lowest BCUT2D eigenvalue weighted by Gasteiger charge is -2.38. The molecule has 0 spiro atoms. The number of nitrogens with one attached hydrogen (secondary N) is 4. The highest BCUT2D eigenvalue weighted by atomic mass is 15.3. The van der Waals surface area contributed by atoms with Gasteiger partial charge >= 0.3 is 0 Å². The Bertz CT molecular complexity index is 1170. The van der Waals surface area contributed by atoms with Crippen LogP contribution in [0.2, 0.25) is 0 Å². The van der Waals surface area contributed by atoms with Crippen LogP contribution in [0.4, 0.5) is 17.6 Å². The zero-order valence-corrected chi connectivity index (χ0v) is 17.3. The quantitative estimate of drug-likeness (QED) is 0.480. The van der Waals surface area contributed by atoms with E-state index in [1.165, 1.54) is 12.8 Å². The third-order valence-corrected chi connectivity index (χ3v) is 6.30. The van der Waals surface area contributed by atoms with Crippen LogP contribution in [0.1, 0.15) is 43.4 Å². The second-order valence-electron chi connectivity index (χ2n) is 8.34. The SMILES string of the molecule is Cc1cc(Nc2nc(NC3C[C@H]4CC[C@@H](C3)N4CCC#N)nc3[nH]cc(C#N)c23)n[nH]1. The fourth-order valence-electron chi connectivity index (χ4n) is 5.00. The van der Waals surface area contributed by atoms with Crippen LogP contribution in [0.15, 0.2) is 12.3 Å². The van der Waals surface area contributed by atoms with Crippen molar-refractivity contribution in [3.8, 4) is 12.1 Å². The van der Waals surface area contributed by atoms with Crippen molar-refractivity contribution in [1.29, 1.82) is 10.5 Å². The molecule has 4 N–H and O–H groups in total. The number of anilines is 3. The number of nitriles is 2. The molecule has 0 aliphatic carbocycles. The van der Waals surface area contributed by atoms with Crippen molar-refractivity contribution in [1.82, 2.24) is 30.0 Å². The minimum Gasteiger partial charge on any atom is -0.351 e. The van der Waals surface area contributed by atoms with Crippen molar-refractivity contribution in [2.45, 2.75) is 57.2 Å². The van der Waals surface area contributed by atoms with E-state index in [9.17, 15) is 5.26 Å². The highest BCUT2D eigenvalue weighted by Crippen LogP contribution is 2.37. The highest BCUT2D eigenvalue weighted by Gasteiger charge is 2.40. The summed E-state index contributed by atoms with van der Waals surface area (Å²) in [6, 6.07) is 7.64. The first-order chi connectivity index (χ1) is 15.1. The lowest BCUT2D eigenvalue weighted by molar-refractivity contribution is 0.135. The molecule has 0 saturated carbocycles. The first-order valence-corrected chi connectivity index (χ1v) is 10.6. The minimum absolute atomic E-state index is 0.277. The number of H-pyrrole nitrogens is 2. The summed E-state index contributed by atoms with van der Waals surface area (Å²) < 4.78 is 0. The Morgan fingerprint density at radius 2 is 2.03 bits per heavy atom. The van der Waals surface area contributed by atoms with E-state index in [4.69, 9.17) is 10.2 Å². The number of nitrogens with zero attached hydrogens (tertiary/aromatic N) is 6. The second-order valence-corrected chi connectivity index (χ2v) is 8.34. The topological polar surface area (TPSA) is 145 Å². The number of hydrogen-bond acceptors (Lipinski definition) is 8. The van der Waals surface area contributed by atoms with Crippen molar-refractivity contribution in [2.24, 2.45) is 0 Å². The van der Waals surface area contributed by atoms with Crippen molar-refractivity contribution >= 4 is 28.6 Å². The summed E-state index contributed by atoms with van der Waals surface area (Å²) in [7, 11) is 0. The van der Waals surface area contributed by atoms with Crippen LogP contribution in [0.5, 0.6) is 0 Å². The molecule has 10 nitrogen and oxygen atoms in total. The van der Waals surface area contributed by atoms with Crippen LogP contribution < -0.4 is 10.6 Å². The van der Waals surface area contributed by atoms with E-state index in [0.717, 1.165) is 25.1 Å². The van der Waals surface area contributed by atoms with Gasteiger partial charge in [-0.2, -0.15) is 25.6 Å². The van der Waals surface area contributed by atoms with Gasteiger partial charge in [0.15, 0.2) is 5.82 Å². The van der Waals surface area contributed by atoms with Gasteiger partial charge in [-0.3, -0.25) is 10.00 Å². The van der Waals surface area contributed by atoms with E-state index >= 15 is 0 Å². The van der Waals surface area contributed by atoms with Gasteiger partial charge in [-0.1, -0.05) is 0 Å². The predicted molar refractivity (Wildman–Crippen MR) is 116 cm³/mol. The molecule has 3 aromatic heterocycles. The molecule has 158 valence electrons. The molecule has 0 radical (unpaired) electrons.